The van der Waals surface area contributed by atoms with Crippen molar-refractivity contribution in [3.8, 4) is 5.75 Å². The highest BCUT2D eigenvalue weighted by molar-refractivity contribution is 7.07. The molecular weight excluding hydrogens is 465 g/mol. The Morgan fingerprint density at radius 3 is 2.57 bits per heavy atom. The van der Waals surface area contributed by atoms with Crippen LogP contribution in [-0.4, -0.2) is 16.2 Å². The number of rotatable bonds is 3. The van der Waals surface area contributed by atoms with E-state index in [1.54, 1.807) is 29.7 Å². The Balaban J connectivity index is 1.54. The third-order valence-corrected chi connectivity index (χ3v) is 7.35. The average Bonchev–Trinajstić information content (AvgIpc) is 3.14. The topological polar surface area (TPSA) is 72.7 Å². The minimum Gasteiger partial charge on any atom is -0.465 e. The summed E-state index contributed by atoms with van der Waals surface area (Å²) < 4.78 is 21.7. The molecule has 2 aliphatic rings. The molecule has 0 aliphatic carbocycles. The Hall–Kier alpha value is -4.04. The Morgan fingerprint density at radius 1 is 1.09 bits per heavy atom. The lowest BCUT2D eigenvalue weighted by molar-refractivity contribution is -0.131. The smallest absolute Gasteiger partial charge is 0.270 e. The van der Waals surface area contributed by atoms with Gasteiger partial charge in [0.15, 0.2) is 4.80 Å². The summed E-state index contributed by atoms with van der Waals surface area (Å²) in [4.78, 5) is 32.6. The van der Waals surface area contributed by atoms with E-state index in [4.69, 9.17) is 9.73 Å². The third-order valence-electron chi connectivity index (χ3n) is 6.37. The van der Waals surface area contributed by atoms with Crippen LogP contribution in [0.3, 0.4) is 0 Å². The first kappa shape index (κ1) is 21.5. The molecule has 3 heterocycles. The second-order valence-corrected chi connectivity index (χ2v) is 9.71. The maximum absolute atomic E-state index is 13.7. The number of ether oxygens (including phenoxy) is 1. The number of nitrogens with one attached hydrogen (secondary N) is 1. The van der Waals surface area contributed by atoms with E-state index in [0.717, 1.165) is 5.56 Å². The van der Waals surface area contributed by atoms with Gasteiger partial charge in [0.05, 0.1) is 10.6 Å². The highest BCUT2D eigenvalue weighted by atomic mass is 32.1. The largest absolute Gasteiger partial charge is 0.465 e. The average molecular weight is 486 g/mol. The fourth-order valence-electron chi connectivity index (χ4n) is 4.80. The Bertz CT molecular complexity index is 1630. The number of fused-ring (bicyclic) bond motifs is 6. The Kier molecular flexibility index (Phi) is 4.93. The summed E-state index contributed by atoms with van der Waals surface area (Å²) in [5, 5.41) is 2.96. The fourth-order valence-corrected chi connectivity index (χ4v) is 5.89. The SMILES string of the molecule is C[C@@]12N=c3s/c(=C\c4ccc(F)cc4)c(=O)n3[C@@H](c3ccccc3O1)[C@H]2C(=O)Nc1ccccc1. The monoisotopic (exact) mass is 485 g/mol. The molecule has 174 valence electrons. The van der Waals surface area contributed by atoms with Gasteiger partial charge in [-0.3, -0.25) is 14.2 Å². The van der Waals surface area contributed by atoms with Gasteiger partial charge in [0, 0.05) is 11.3 Å². The van der Waals surface area contributed by atoms with Crippen LogP contribution < -0.4 is 24.9 Å². The standard InChI is InChI=1S/C27H20FN3O3S/c1-27-22(24(32)29-18-7-3-2-4-8-18)23(19-9-5-6-10-20(19)34-27)31-25(33)21(35-26(31)30-27)15-16-11-13-17(28)14-12-16/h2-15,22-23H,1H3,(H,29,32)/b21-15-/t22-,23-,27+/m0/s1. The number of carbonyl (C=O) groups excluding carboxylic acids is 1. The number of hydrogen-bond acceptors (Lipinski definition) is 5. The van der Waals surface area contributed by atoms with Crippen molar-refractivity contribution < 1.29 is 13.9 Å². The van der Waals surface area contributed by atoms with Crippen LogP contribution in [0.1, 0.15) is 24.1 Å². The van der Waals surface area contributed by atoms with E-state index in [9.17, 15) is 14.0 Å². The molecular formula is C27H20FN3O3S. The van der Waals surface area contributed by atoms with Crippen molar-refractivity contribution in [2.24, 2.45) is 10.9 Å². The van der Waals surface area contributed by atoms with Crippen molar-refractivity contribution >= 4 is 29.0 Å². The molecule has 0 fully saturated rings. The number of anilines is 1. The molecule has 1 aromatic heterocycles. The minimum atomic E-state index is -1.21. The van der Waals surface area contributed by atoms with Crippen molar-refractivity contribution in [2.45, 2.75) is 18.7 Å². The van der Waals surface area contributed by atoms with Gasteiger partial charge in [-0.25, -0.2) is 9.38 Å². The quantitative estimate of drug-likeness (QED) is 0.483. The fraction of sp³-hybridized carbons (Fsp3) is 0.148. The lowest BCUT2D eigenvalue weighted by Crippen LogP contribution is -2.59. The number of nitrogens with zero attached hydrogens (tertiary/aromatic N) is 2. The van der Waals surface area contributed by atoms with Crippen LogP contribution in [0.15, 0.2) is 88.6 Å². The molecule has 3 aromatic carbocycles. The van der Waals surface area contributed by atoms with Crippen LogP contribution >= 0.6 is 11.3 Å². The summed E-state index contributed by atoms with van der Waals surface area (Å²) in [6, 6.07) is 21.9. The molecule has 0 saturated heterocycles. The molecule has 6 rings (SSSR count). The maximum Gasteiger partial charge on any atom is 0.270 e. The van der Waals surface area contributed by atoms with Gasteiger partial charge < -0.3 is 10.1 Å². The number of carbonyl (C=O) groups is 1. The highest BCUT2D eigenvalue weighted by Gasteiger charge is 2.55. The van der Waals surface area contributed by atoms with Crippen molar-refractivity contribution in [2.75, 3.05) is 5.32 Å². The normalized spacial score (nSPS) is 22.4. The third kappa shape index (κ3) is 3.57. The van der Waals surface area contributed by atoms with Gasteiger partial charge >= 0.3 is 0 Å². The van der Waals surface area contributed by atoms with Crippen LogP contribution in [0.4, 0.5) is 10.1 Å². The van der Waals surface area contributed by atoms with Crippen molar-refractivity contribution in [3.05, 3.63) is 115 Å². The van der Waals surface area contributed by atoms with Gasteiger partial charge in [0.25, 0.3) is 5.56 Å². The predicted octanol–water partition coefficient (Wildman–Crippen LogP) is 3.46. The van der Waals surface area contributed by atoms with E-state index >= 15 is 0 Å². The first-order chi connectivity index (χ1) is 16.9. The molecule has 35 heavy (non-hydrogen) atoms. The van der Waals surface area contributed by atoms with E-state index < -0.39 is 17.7 Å². The van der Waals surface area contributed by atoms with E-state index in [1.165, 1.54) is 23.5 Å². The molecule has 0 radical (unpaired) electrons. The van der Waals surface area contributed by atoms with Gasteiger partial charge in [0.2, 0.25) is 11.6 Å². The van der Waals surface area contributed by atoms with Crippen molar-refractivity contribution in [1.82, 2.24) is 4.57 Å². The Labute approximate surface area is 203 Å². The number of thiazole rings is 1. The van der Waals surface area contributed by atoms with Crippen LogP contribution in [0.2, 0.25) is 0 Å². The van der Waals surface area contributed by atoms with Gasteiger partial charge in [-0.1, -0.05) is 59.9 Å². The van der Waals surface area contributed by atoms with Gasteiger partial charge in [-0.15, -0.1) is 0 Å². The van der Waals surface area contributed by atoms with Gasteiger partial charge in [-0.2, -0.15) is 0 Å². The molecule has 4 aromatic rings. The van der Waals surface area contributed by atoms with E-state index in [0.29, 0.717) is 26.3 Å². The zero-order valence-electron chi connectivity index (χ0n) is 18.6. The summed E-state index contributed by atoms with van der Waals surface area (Å²) in [5.41, 5.74) is 0.651. The second-order valence-electron chi connectivity index (χ2n) is 8.70. The van der Waals surface area contributed by atoms with E-state index in [-0.39, 0.29) is 17.3 Å². The van der Waals surface area contributed by atoms with Crippen LogP contribution in [-0.2, 0) is 4.79 Å². The van der Waals surface area contributed by atoms with Crippen LogP contribution in [0.25, 0.3) is 6.08 Å². The molecule has 2 bridgehead atoms. The first-order valence-electron chi connectivity index (χ1n) is 11.2. The van der Waals surface area contributed by atoms with E-state index in [2.05, 4.69) is 5.32 Å². The highest BCUT2D eigenvalue weighted by Crippen LogP contribution is 2.47. The molecule has 0 saturated carbocycles. The predicted molar refractivity (Wildman–Crippen MR) is 132 cm³/mol. The molecule has 0 spiro atoms. The van der Waals surface area contributed by atoms with Crippen LogP contribution in [0, 0.1) is 11.7 Å². The summed E-state index contributed by atoms with van der Waals surface area (Å²) in [7, 11) is 0. The summed E-state index contributed by atoms with van der Waals surface area (Å²) >= 11 is 1.23. The summed E-state index contributed by atoms with van der Waals surface area (Å²) in [6.07, 6.45) is 1.71. The molecule has 6 nitrogen and oxygen atoms in total. The number of halogens is 1. The van der Waals surface area contributed by atoms with Crippen molar-refractivity contribution in [3.63, 3.8) is 0 Å². The zero-order chi connectivity index (χ0) is 24.2. The number of amides is 1. The molecule has 3 atom stereocenters. The summed E-state index contributed by atoms with van der Waals surface area (Å²) in [5.74, 6) is -0.812. The first-order valence-corrected chi connectivity index (χ1v) is 12.0. The number of benzene rings is 3. The molecule has 1 N–H and O–H groups in total. The lowest BCUT2D eigenvalue weighted by Gasteiger charge is -2.45. The zero-order valence-corrected chi connectivity index (χ0v) is 19.5. The van der Waals surface area contributed by atoms with Gasteiger partial charge in [0.1, 0.15) is 17.5 Å². The maximum atomic E-state index is 13.7. The van der Waals surface area contributed by atoms with E-state index in [1.807, 2.05) is 54.6 Å². The Morgan fingerprint density at radius 2 is 1.80 bits per heavy atom. The lowest BCUT2D eigenvalue weighted by atomic mass is 9.80. The summed E-state index contributed by atoms with van der Waals surface area (Å²) in [6.45, 7) is 1.78. The minimum absolute atomic E-state index is 0.251. The van der Waals surface area contributed by atoms with Crippen LogP contribution in [0.5, 0.6) is 5.75 Å². The molecule has 1 amide bonds. The molecule has 8 heteroatoms. The second kappa shape index (κ2) is 8.02. The van der Waals surface area contributed by atoms with Crippen molar-refractivity contribution in [1.29, 1.82) is 0 Å². The molecule has 0 unspecified atom stereocenters. The number of aromatic nitrogens is 1. The van der Waals surface area contributed by atoms with Gasteiger partial charge in [-0.05, 0) is 48.9 Å². The number of para-hydroxylation sites is 2. The number of hydrogen-bond donors (Lipinski definition) is 1. The molecule has 2 aliphatic heterocycles.